The molecule has 0 aliphatic carbocycles. The van der Waals surface area contributed by atoms with Crippen LogP contribution in [0.5, 0.6) is 0 Å². The third-order valence-corrected chi connectivity index (χ3v) is 14.4. The average Bonchev–Trinajstić information content (AvgIpc) is 3.64. The summed E-state index contributed by atoms with van der Waals surface area (Å²) in [6, 6.07) is 36.4. The number of esters is 1. The number of fused-ring (bicyclic) bond motifs is 1. The van der Waals surface area contributed by atoms with Crippen LogP contribution in [0.3, 0.4) is 0 Å². The van der Waals surface area contributed by atoms with Gasteiger partial charge in [-0.3, -0.25) is 9.20 Å². The number of aromatic nitrogens is 2. The van der Waals surface area contributed by atoms with E-state index < -0.39 is 25.9 Å². The van der Waals surface area contributed by atoms with Crippen LogP contribution in [-0.4, -0.2) is 22.0 Å². The zero-order chi connectivity index (χ0) is 29.2. The molecule has 1 atom stereocenters. The molecule has 0 spiro atoms. The summed E-state index contributed by atoms with van der Waals surface area (Å²) in [5.41, 5.74) is -0.793. The largest absolute Gasteiger partial charge is 0.465 e. The van der Waals surface area contributed by atoms with E-state index >= 15 is 9.13 Å². The Balaban J connectivity index is 1.74. The van der Waals surface area contributed by atoms with E-state index in [1.165, 1.54) is 11.3 Å². The van der Waals surface area contributed by atoms with Gasteiger partial charge in [-0.05, 0) is 6.92 Å². The molecular formula is C33H28N2O4P2S. The first-order valence-corrected chi connectivity index (χ1v) is 17.9. The van der Waals surface area contributed by atoms with E-state index in [-0.39, 0.29) is 12.3 Å². The summed E-state index contributed by atoms with van der Waals surface area (Å²) < 4.78 is 39.0. The van der Waals surface area contributed by atoms with E-state index in [0.29, 0.717) is 31.6 Å². The van der Waals surface area contributed by atoms with Crippen molar-refractivity contribution in [1.82, 2.24) is 9.38 Å². The van der Waals surface area contributed by atoms with Gasteiger partial charge in [0.25, 0.3) is 0 Å². The number of carbonyl (C=O) groups excluding carboxylic acids is 1. The van der Waals surface area contributed by atoms with Gasteiger partial charge in [-0.25, -0.2) is 4.98 Å². The minimum Gasteiger partial charge on any atom is -0.465 e. The van der Waals surface area contributed by atoms with E-state index in [4.69, 9.17) is 9.72 Å². The standard InChI is InChI=1S/C33H28N2O4P2S/c1-2-39-32(36)30(40(37,25-15-7-3-8-16-25)26-17-9-4-10-18-26)29-31(35-23-24-42-33(35)34-29)41(38,27-19-11-5-12-20-27)28-21-13-6-14-22-28/h3-24,30H,2H2,1H3. The lowest BCUT2D eigenvalue weighted by Crippen LogP contribution is -2.35. The van der Waals surface area contributed by atoms with Gasteiger partial charge in [-0.15, -0.1) is 11.3 Å². The Labute approximate surface area is 248 Å². The van der Waals surface area contributed by atoms with Crippen molar-refractivity contribution in [3.05, 3.63) is 139 Å². The third kappa shape index (κ3) is 4.68. The Morgan fingerprint density at radius 3 is 1.67 bits per heavy atom. The maximum atomic E-state index is 15.8. The molecule has 1 unspecified atom stereocenters. The van der Waals surface area contributed by atoms with Crippen molar-refractivity contribution in [3.8, 4) is 0 Å². The summed E-state index contributed by atoms with van der Waals surface area (Å²) in [7, 11) is -7.48. The molecule has 2 aromatic heterocycles. The van der Waals surface area contributed by atoms with E-state index in [2.05, 4.69) is 0 Å². The minimum absolute atomic E-state index is 0.0888. The number of ether oxygens (including phenoxy) is 1. The zero-order valence-corrected chi connectivity index (χ0v) is 25.4. The van der Waals surface area contributed by atoms with Crippen LogP contribution in [0.2, 0.25) is 0 Å². The van der Waals surface area contributed by atoms with Crippen molar-refractivity contribution in [2.24, 2.45) is 0 Å². The Kier molecular flexibility index (Phi) is 7.83. The zero-order valence-electron chi connectivity index (χ0n) is 22.8. The van der Waals surface area contributed by atoms with Crippen LogP contribution in [0, 0.1) is 0 Å². The highest BCUT2D eigenvalue weighted by atomic mass is 32.1. The third-order valence-electron chi connectivity index (χ3n) is 7.21. The molecule has 6 nitrogen and oxygen atoms in total. The van der Waals surface area contributed by atoms with Crippen molar-refractivity contribution >= 4 is 63.2 Å². The first-order chi connectivity index (χ1) is 20.5. The number of benzene rings is 4. The summed E-state index contributed by atoms with van der Waals surface area (Å²) in [4.78, 5) is 19.7. The van der Waals surface area contributed by atoms with Gasteiger partial charge in [0.15, 0.2) is 24.9 Å². The highest BCUT2D eigenvalue weighted by molar-refractivity contribution is 7.85. The lowest BCUT2D eigenvalue weighted by molar-refractivity contribution is -0.142. The monoisotopic (exact) mass is 610 g/mol. The maximum Gasteiger partial charge on any atom is 0.323 e. The van der Waals surface area contributed by atoms with Gasteiger partial charge >= 0.3 is 5.97 Å². The van der Waals surface area contributed by atoms with Crippen molar-refractivity contribution in [2.45, 2.75) is 12.6 Å². The number of hydrogen-bond donors (Lipinski definition) is 0. The molecule has 0 amide bonds. The fourth-order valence-electron chi connectivity index (χ4n) is 5.36. The summed E-state index contributed by atoms with van der Waals surface area (Å²) in [6.45, 7) is 1.81. The molecule has 0 aliphatic heterocycles. The number of nitrogens with zero attached hydrogens (tertiary/aromatic N) is 2. The molecule has 2 heterocycles. The predicted octanol–water partition coefficient (Wildman–Crippen LogP) is 5.65. The highest BCUT2D eigenvalue weighted by Gasteiger charge is 2.49. The fraction of sp³-hybridized carbons (Fsp3) is 0.0909. The van der Waals surface area contributed by atoms with Crippen LogP contribution < -0.4 is 26.7 Å². The van der Waals surface area contributed by atoms with Gasteiger partial charge in [-0.2, -0.15) is 0 Å². The second kappa shape index (κ2) is 11.7. The number of thiazole rings is 1. The number of hydrogen-bond acceptors (Lipinski definition) is 6. The van der Waals surface area contributed by atoms with Crippen LogP contribution in [-0.2, 0) is 18.7 Å². The molecule has 210 valence electrons. The van der Waals surface area contributed by atoms with Crippen molar-refractivity contribution in [1.29, 1.82) is 0 Å². The van der Waals surface area contributed by atoms with Crippen LogP contribution in [0.4, 0.5) is 0 Å². The van der Waals surface area contributed by atoms with Crippen molar-refractivity contribution in [3.63, 3.8) is 0 Å². The molecule has 4 aromatic carbocycles. The molecular weight excluding hydrogens is 582 g/mol. The second-order valence-corrected chi connectivity index (χ2v) is 16.1. The van der Waals surface area contributed by atoms with E-state index in [9.17, 15) is 4.79 Å². The quantitative estimate of drug-likeness (QED) is 0.156. The Morgan fingerprint density at radius 1 is 0.762 bits per heavy atom. The first kappa shape index (κ1) is 28.1. The van der Waals surface area contributed by atoms with Crippen LogP contribution in [0.1, 0.15) is 18.3 Å². The van der Waals surface area contributed by atoms with Crippen LogP contribution >= 0.6 is 25.6 Å². The second-order valence-electron chi connectivity index (χ2n) is 9.64. The van der Waals surface area contributed by atoms with Gasteiger partial charge in [0.05, 0.1) is 12.3 Å². The summed E-state index contributed by atoms with van der Waals surface area (Å²) >= 11 is 1.36. The Hall–Kier alpha value is -4.02. The maximum absolute atomic E-state index is 15.8. The Bertz CT molecular complexity index is 1840. The SMILES string of the molecule is CCOC(=O)C(c1nc2sccn2c1P(=O)(c1ccccc1)c1ccccc1)P(=O)(c1ccccc1)c1ccccc1. The number of rotatable bonds is 9. The number of imidazole rings is 1. The molecule has 0 bridgehead atoms. The molecule has 6 rings (SSSR count). The fourth-order valence-corrected chi connectivity index (χ4v) is 12.2. The van der Waals surface area contributed by atoms with Crippen molar-refractivity contribution < 1.29 is 18.7 Å². The van der Waals surface area contributed by atoms with Crippen LogP contribution in [0.25, 0.3) is 4.96 Å². The topological polar surface area (TPSA) is 77.7 Å². The van der Waals surface area contributed by atoms with Gasteiger partial charge < -0.3 is 13.9 Å². The lowest BCUT2D eigenvalue weighted by Gasteiger charge is -2.28. The lowest BCUT2D eigenvalue weighted by atomic mass is 10.3. The normalized spacial score (nSPS) is 12.7. The molecule has 0 saturated heterocycles. The van der Waals surface area contributed by atoms with Crippen molar-refractivity contribution in [2.75, 3.05) is 6.61 Å². The highest BCUT2D eigenvalue weighted by Crippen LogP contribution is 2.59. The van der Waals surface area contributed by atoms with Gasteiger partial charge in [0.2, 0.25) is 0 Å². The molecule has 0 N–H and O–H groups in total. The van der Waals surface area contributed by atoms with E-state index in [1.54, 1.807) is 59.9 Å². The van der Waals surface area contributed by atoms with Gasteiger partial charge in [-0.1, -0.05) is 121 Å². The van der Waals surface area contributed by atoms with Gasteiger partial charge in [0.1, 0.15) is 5.44 Å². The molecule has 0 radical (unpaired) electrons. The molecule has 0 fully saturated rings. The summed E-state index contributed by atoms with van der Waals surface area (Å²) in [5.74, 6) is -0.673. The molecule has 42 heavy (non-hydrogen) atoms. The average molecular weight is 611 g/mol. The first-order valence-electron chi connectivity index (χ1n) is 13.5. The van der Waals surface area contributed by atoms with Gasteiger partial charge in [0, 0.05) is 32.8 Å². The van der Waals surface area contributed by atoms with E-state index in [1.807, 2.05) is 84.4 Å². The molecule has 9 heteroatoms. The summed E-state index contributed by atoms with van der Waals surface area (Å²) in [5, 5.41) is 4.02. The summed E-state index contributed by atoms with van der Waals surface area (Å²) in [6.07, 6.45) is 1.81. The predicted molar refractivity (Wildman–Crippen MR) is 172 cm³/mol. The molecule has 0 aliphatic rings. The Morgan fingerprint density at radius 2 is 1.21 bits per heavy atom. The number of carbonyl (C=O) groups is 1. The molecule has 6 aromatic rings. The molecule has 0 saturated carbocycles. The van der Waals surface area contributed by atoms with E-state index in [0.717, 1.165) is 0 Å². The smallest absolute Gasteiger partial charge is 0.323 e. The minimum atomic E-state index is -3.82. The van der Waals surface area contributed by atoms with Crippen LogP contribution in [0.15, 0.2) is 133 Å².